The molecule has 0 atom stereocenters. The number of benzene rings is 1. The predicted octanol–water partition coefficient (Wildman–Crippen LogP) is 4.82. The van der Waals surface area contributed by atoms with Gasteiger partial charge in [0.1, 0.15) is 0 Å². The van der Waals surface area contributed by atoms with Crippen molar-refractivity contribution < 1.29 is 13.2 Å². The molecule has 0 fully saturated rings. The zero-order valence-electron chi connectivity index (χ0n) is 8.97. The fourth-order valence-corrected chi connectivity index (χ4v) is 1.91. The van der Waals surface area contributed by atoms with Gasteiger partial charge in [-0.25, -0.2) is 0 Å². The van der Waals surface area contributed by atoms with Gasteiger partial charge in [0.25, 0.3) is 0 Å². The van der Waals surface area contributed by atoms with Crippen LogP contribution in [0.1, 0.15) is 24.5 Å². The monoisotopic (exact) mass is 246 g/mol. The van der Waals surface area contributed by atoms with E-state index >= 15 is 0 Å². The summed E-state index contributed by atoms with van der Waals surface area (Å²) in [5.74, 6) is 0.930. The average molecular weight is 246 g/mol. The van der Waals surface area contributed by atoms with Gasteiger partial charge in [0.05, 0.1) is 5.56 Å². The second kappa shape index (κ2) is 5.43. The summed E-state index contributed by atoms with van der Waals surface area (Å²) in [4.78, 5) is 0.815. The van der Waals surface area contributed by atoms with Gasteiger partial charge in [0.15, 0.2) is 0 Å². The lowest BCUT2D eigenvalue weighted by atomic mass is 10.1. The molecule has 0 aliphatic heterocycles. The lowest BCUT2D eigenvalue weighted by molar-refractivity contribution is -0.137. The fraction of sp³-hybridized carbons (Fsp3) is 0.333. The summed E-state index contributed by atoms with van der Waals surface area (Å²) in [6.07, 6.45) is -3.25. The summed E-state index contributed by atoms with van der Waals surface area (Å²) in [5, 5.41) is 0. The lowest BCUT2D eigenvalue weighted by Crippen LogP contribution is -2.04. The third-order valence-corrected chi connectivity index (χ3v) is 3.21. The van der Waals surface area contributed by atoms with Crippen molar-refractivity contribution in [2.75, 3.05) is 5.75 Å². The first-order valence-electron chi connectivity index (χ1n) is 4.94. The van der Waals surface area contributed by atoms with Crippen LogP contribution in [0.4, 0.5) is 13.2 Å². The van der Waals surface area contributed by atoms with Gasteiger partial charge in [-0.3, -0.25) is 0 Å². The Morgan fingerprint density at radius 1 is 1.25 bits per heavy atom. The lowest BCUT2D eigenvalue weighted by Gasteiger charge is -2.08. The molecule has 0 unspecified atom stereocenters. The zero-order valence-corrected chi connectivity index (χ0v) is 9.79. The van der Waals surface area contributed by atoms with Crippen LogP contribution in [-0.4, -0.2) is 5.75 Å². The highest BCUT2D eigenvalue weighted by Gasteiger charge is 2.29. The van der Waals surface area contributed by atoms with Crippen molar-refractivity contribution in [2.24, 2.45) is 0 Å². The smallest absolute Gasteiger partial charge is 0.166 e. The van der Waals surface area contributed by atoms with Crippen molar-refractivity contribution >= 4 is 16.7 Å². The molecule has 0 aliphatic rings. The summed E-state index contributed by atoms with van der Waals surface area (Å²) >= 11 is 1.57. The summed E-state index contributed by atoms with van der Waals surface area (Å²) in [6, 6.07) is 5.11. The minimum Gasteiger partial charge on any atom is -0.166 e. The highest BCUT2D eigenvalue weighted by atomic mass is 32.2. The van der Waals surface area contributed by atoms with Crippen molar-refractivity contribution in [2.45, 2.75) is 19.5 Å². The number of rotatable bonds is 4. The van der Waals surface area contributed by atoms with Gasteiger partial charge >= 0.3 is 6.18 Å². The number of alkyl halides is 3. The molecule has 0 radical (unpaired) electrons. The van der Waals surface area contributed by atoms with Crippen LogP contribution >= 0.6 is 11.8 Å². The molecule has 0 bridgehead atoms. The van der Waals surface area contributed by atoms with E-state index in [4.69, 9.17) is 0 Å². The molecule has 0 spiro atoms. The maximum Gasteiger partial charge on any atom is 0.416 e. The van der Waals surface area contributed by atoms with E-state index in [1.165, 1.54) is 12.1 Å². The van der Waals surface area contributed by atoms with Crippen molar-refractivity contribution in [3.05, 3.63) is 42.0 Å². The largest absolute Gasteiger partial charge is 0.416 e. The Hall–Kier alpha value is -0.900. The molecule has 0 heterocycles. The number of thioether (sulfide) groups is 1. The summed E-state index contributed by atoms with van der Waals surface area (Å²) in [5.41, 5.74) is 0.135. The fourth-order valence-electron chi connectivity index (χ4n) is 1.15. The molecular weight excluding hydrogens is 233 g/mol. The SMILES string of the molecule is C=C(SCCC)c1ccc(C(F)(F)F)cc1. The van der Waals surface area contributed by atoms with E-state index in [-0.39, 0.29) is 0 Å². The second-order valence-electron chi connectivity index (χ2n) is 3.35. The molecule has 0 nitrogen and oxygen atoms in total. The van der Waals surface area contributed by atoms with Crippen LogP contribution in [0.2, 0.25) is 0 Å². The molecule has 0 N–H and O–H groups in total. The van der Waals surface area contributed by atoms with Gasteiger partial charge in [-0.1, -0.05) is 25.6 Å². The predicted molar refractivity (Wildman–Crippen MR) is 63.2 cm³/mol. The van der Waals surface area contributed by atoms with Gasteiger partial charge in [0, 0.05) is 4.91 Å². The molecule has 0 aromatic heterocycles. The minimum atomic E-state index is -4.27. The van der Waals surface area contributed by atoms with Crippen LogP contribution in [0.5, 0.6) is 0 Å². The molecule has 0 amide bonds. The number of hydrogen-bond acceptors (Lipinski definition) is 1. The van der Waals surface area contributed by atoms with Gasteiger partial charge < -0.3 is 0 Å². The van der Waals surface area contributed by atoms with Gasteiger partial charge in [-0.05, 0) is 29.9 Å². The van der Waals surface area contributed by atoms with Crippen LogP contribution in [0.3, 0.4) is 0 Å². The van der Waals surface area contributed by atoms with E-state index in [9.17, 15) is 13.2 Å². The van der Waals surface area contributed by atoms with E-state index < -0.39 is 11.7 Å². The maximum absolute atomic E-state index is 12.3. The van der Waals surface area contributed by atoms with E-state index in [1.807, 2.05) is 6.92 Å². The van der Waals surface area contributed by atoms with Crippen molar-refractivity contribution in [3.63, 3.8) is 0 Å². The first-order chi connectivity index (χ1) is 7.45. The first kappa shape index (κ1) is 13.2. The Balaban J connectivity index is 2.75. The molecule has 0 saturated carbocycles. The molecule has 1 aromatic carbocycles. The number of hydrogen-bond donors (Lipinski definition) is 0. The summed E-state index contributed by atoms with van der Waals surface area (Å²) in [6.45, 7) is 5.88. The van der Waals surface area contributed by atoms with E-state index in [2.05, 4.69) is 6.58 Å². The molecule has 88 valence electrons. The van der Waals surface area contributed by atoms with E-state index in [1.54, 1.807) is 11.8 Å². The van der Waals surface area contributed by atoms with Gasteiger partial charge in [-0.2, -0.15) is 13.2 Å². The Morgan fingerprint density at radius 3 is 2.25 bits per heavy atom. The number of halogens is 3. The van der Waals surface area contributed by atoms with Crippen LogP contribution in [0.15, 0.2) is 30.8 Å². The third kappa shape index (κ3) is 3.59. The summed E-state index contributed by atoms with van der Waals surface area (Å²) in [7, 11) is 0. The highest BCUT2D eigenvalue weighted by Crippen LogP contribution is 2.32. The van der Waals surface area contributed by atoms with Crippen LogP contribution in [0, 0.1) is 0 Å². The molecule has 0 saturated heterocycles. The quantitative estimate of drug-likeness (QED) is 0.734. The first-order valence-corrected chi connectivity index (χ1v) is 5.93. The molecule has 0 aliphatic carbocycles. The second-order valence-corrected chi connectivity index (χ2v) is 4.54. The van der Waals surface area contributed by atoms with Crippen LogP contribution in [-0.2, 0) is 6.18 Å². The minimum absolute atomic E-state index is 0.621. The molecule has 1 rings (SSSR count). The van der Waals surface area contributed by atoms with Crippen molar-refractivity contribution in [3.8, 4) is 0 Å². The normalized spacial score (nSPS) is 11.5. The third-order valence-electron chi connectivity index (χ3n) is 2.01. The zero-order chi connectivity index (χ0) is 12.2. The van der Waals surface area contributed by atoms with E-state index in [0.29, 0.717) is 0 Å². The average Bonchev–Trinajstić information content (AvgIpc) is 2.25. The summed E-state index contributed by atoms with van der Waals surface area (Å²) < 4.78 is 36.9. The topological polar surface area (TPSA) is 0 Å². The Morgan fingerprint density at radius 2 is 1.81 bits per heavy atom. The van der Waals surface area contributed by atoms with E-state index in [0.717, 1.165) is 34.8 Å². The molecule has 1 aromatic rings. The van der Waals surface area contributed by atoms with Crippen LogP contribution in [0.25, 0.3) is 4.91 Å². The van der Waals surface area contributed by atoms with Gasteiger partial charge in [0.2, 0.25) is 0 Å². The standard InChI is InChI=1S/C12H13F3S/c1-3-8-16-9(2)10-4-6-11(7-5-10)12(13,14)15/h4-7H,2-3,8H2,1H3. The van der Waals surface area contributed by atoms with Crippen LogP contribution < -0.4 is 0 Å². The molecule has 16 heavy (non-hydrogen) atoms. The Labute approximate surface area is 97.6 Å². The molecular formula is C12H13F3S. The Kier molecular flexibility index (Phi) is 4.47. The van der Waals surface area contributed by atoms with Gasteiger partial charge in [-0.15, -0.1) is 11.8 Å². The molecule has 4 heteroatoms. The highest BCUT2D eigenvalue weighted by molar-refractivity contribution is 8.08. The van der Waals surface area contributed by atoms with Crippen molar-refractivity contribution in [1.82, 2.24) is 0 Å². The maximum atomic E-state index is 12.3. The van der Waals surface area contributed by atoms with Crippen molar-refractivity contribution in [1.29, 1.82) is 0 Å². The Bertz CT molecular complexity index is 352.